The predicted molar refractivity (Wildman–Crippen MR) is 142 cm³/mol. The van der Waals surface area contributed by atoms with Crippen molar-refractivity contribution >= 4 is 28.3 Å². The molecule has 0 atom stereocenters. The zero-order chi connectivity index (χ0) is 25.7. The van der Waals surface area contributed by atoms with Crippen LogP contribution >= 0.6 is 0 Å². The van der Waals surface area contributed by atoms with Crippen LogP contribution in [0.5, 0.6) is 0 Å². The molecule has 2 aliphatic heterocycles. The van der Waals surface area contributed by atoms with E-state index in [4.69, 9.17) is 16.5 Å². The fourth-order valence-corrected chi connectivity index (χ4v) is 5.55. The minimum atomic E-state index is -0.567. The van der Waals surface area contributed by atoms with E-state index in [0.29, 0.717) is 23.6 Å². The Hall–Kier alpha value is -4.09. The van der Waals surface area contributed by atoms with Gasteiger partial charge in [0.1, 0.15) is 11.3 Å². The van der Waals surface area contributed by atoms with E-state index in [1.54, 1.807) is 18.0 Å². The van der Waals surface area contributed by atoms with Crippen LogP contribution in [0.1, 0.15) is 18.4 Å². The first-order valence-electron chi connectivity index (χ1n) is 12.5. The third kappa shape index (κ3) is 4.05. The van der Waals surface area contributed by atoms with Gasteiger partial charge in [-0.3, -0.25) is 9.78 Å². The first-order valence-corrected chi connectivity index (χ1v) is 12.5. The van der Waals surface area contributed by atoms with Crippen molar-refractivity contribution < 1.29 is 9.18 Å². The lowest BCUT2D eigenvalue weighted by Crippen LogP contribution is -2.31. The molecule has 2 aromatic heterocycles. The number of halogens is 1. The monoisotopic (exact) mass is 494 g/mol. The molecule has 6 rings (SSSR count). The number of rotatable bonds is 4. The lowest BCUT2D eigenvalue weighted by molar-refractivity contribution is -0.117. The van der Waals surface area contributed by atoms with Gasteiger partial charge in [-0.2, -0.15) is 0 Å². The molecule has 1 fully saturated rings. The molecule has 0 N–H and O–H groups in total. The lowest BCUT2D eigenvalue weighted by Gasteiger charge is -2.29. The van der Waals surface area contributed by atoms with Crippen LogP contribution in [0.3, 0.4) is 0 Å². The van der Waals surface area contributed by atoms with E-state index < -0.39 is 5.82 Å². The molecule has 0 unspecified atom stereocenters. The van der Waals surface area contributed by atoms with E-state index in [9.17, 15) is 9.18 Å². The number of fused-ring (bicyclic) bond motifs is 2. The molecule has 8 heteroatoms. The van der Waals surface area contributed by atoms with Crippen molar-refractivity contribution in [1.82, 2.24) is 19.4 Å². The van der Waals surface area contributed by atoms with Crippen molar-refractivity contribution in [2.24, 2.45) is 5.92 Å². The second-order valence-electron chi connectivity index (χ2n) is 10.1. The summed E-state index contributed by atoms with van der Waals surface area (Å²) in [5.41, 5.74) is 6.35. The maximum Gasteiger partial charge on any atom is 0.231 e. The molecule has 1 amide bonds. The number of amides is 1. The summed E-state index contributed by atoms with van der Waals surface area (Å²) in [5.74, 6) is 0.0565. The highest BCUT2D eigenvalue weighted by molar-refractivity contribution is 6.03. The van der Waals surface area contributed by atoms with Gasteiger partial charge >= 0.3 is 0 Å². The maximum absolute atomic E-state index is 14.8. The average Bonchev–Trinajstić information content (AvgIpc) is 3.44. The van der Waals surface area contributed by atoms with Crippen molar-refractivity contribution in [3.8, 4) is 22.4 Å². The van der Waals surface area contributed by atoms with E-state index in [1.807, 2.05) is 30.7 Å². The number of nitrogens with zero attached hydrogens (tertiary/aromatic N) is 6. The standard InChI is InChI=1S/C29H27FN6O/c1-31-23-6-4-19(13-22(23)30)27-28(20-5-7-24-21(12-20)14-26(37)35(24)3)32-15-25-29(27)33-17-36(25)16-18-8-10-34(2)11-9-18/h4-7,12-13,15,17-18H,8-11,14,16H2,2-3H3. The van der Waals surface area contributed by atoms with Gasteiger partial charge in [0.25, 0.3) is 0 Å². The van der Waals surface area contributed by atoms with E-state index in [-0.39, 0.29) is 11.6 Å². The number of anilines is 1. The van der Waals surface area contributed by atoms with Crippen molar-refractivity contribution in [1.29, 1.82) is 0 Å². The second kappa shape index (κ2) is 9.09. The Labute approximate surface area is 215 Å². The zero-order valence-corrected chi connectivity index (χ0v) is 20.9. The number of carbonyl (C=O) groups is 1. The van der Waals surface area contributed by atoms with Gasteiger partial charge in [0, 0.05) is 30.4 Å². The van der Waals surface area contributed by atoms with E-state index in [0.717, 1.165) is 65.9 Å². The molecule has 186 valence electrons. The smallest absolute Gasteiger partial charge is 0.231 e. The van der Waals surface area contributed by atoms with Gasteiger partial charge in [-0.25, -0.2) is 14.2 Å². The average molecular weight is 495 g/mol. The largest absolute Gasteiger partial charge is 0.329 e. The van der Waals surface area contributed by atoms with Crippen molar-refractivity contribution in [2.45, 2.75) is 25.8 Å². The number of imidazole rings is 1. The second-order valence-corrected chi connectivity index (χ2v) is 10.1. The first kappa shape index (κ1) is 23.3. The summed E-state index contributed by atoms with van der Waals surface area (Å²) in [6.07, 6.45) is 6.33. The van der Waals surface area contributed by atoms with Gasteiger partial charge < -0.3 is 14.4 Å². The third-order valence-electron chi connectivity index (χ3n) is 7.75. The number of likely N-dealkylation sites (tertiary alicyclic amines) is 1. The molecule has 2 aliphatic rings. The topological polar surface area (TPSA) is 58.6 Å². The van der Waals surface area contributed by atoms with Gasteiger partial charge in [0.05, 0.1) is 36.7 Å². The molecule has 1 saturated heterocycles. The number of piperidine rings is 1. The summed E-state index contributed by atoms with van der Waals surface area (Å²) in [5, 5.41) is 0. The van der Waals surface area contributed by atoms with Crippen molar-refractivity contribution in [2.75, 3.05) is 32.1 Å². The SMILES string of the molecule is [C-]#[N+]c1ccc(-c2c(-c3ccc4c(c3)CC(=O)N4C)ncc3c2ncn3CC2CCN(C)CC2)cc1F. The summed E-state index contributed by atoms with van der Waals surface area (Å²) in [4.78, 5) is 29.2. The van der Waals surface area contributed by atoms with Crippen molar-refractivity contribution in [3.63, 3.8) is 0 Å². The highest BCUT2D eigenvalue weighted by Gasteiger charge is 2.26. The molecular weight excluding hydrogens is 467 g/mol. The Morgan fingerprint density at radius 2 is 1.86 bits per heavy atom. The molecular formula is C29H27FN6O. The Kier molecular flexibility index (Phi) is 5.73. The maximum atomic E-state index is 14.8. The van der Waals surface area contributed by atoms with Gasteiger partial charge in [-0.15, -0.1) is 0 Å². The predicted octanol–water partition coefficient (Wildman–Crippen LogP) is 5.32. The zero-order valence-electron chi connectivity index (χ0n) is 20.9. The number of hydrogen-bond donors (Lipinski definition) is 0. The van der Waals surface area contributed by atoms with Crippen molar-refractivity contribution in [3.05, 3.63) is 71.7 Å². The van der Waals surface area contributed by atoms with Crippen LogP contribution in [0.25, 0.3) is 38.3 Å². The Balaban J connectivity index is 1.49. The minimum Gasteiger partial charge on any atom is -0.329 e. The fourth-order valence-electron chi connectivity index (χ4n) is 5.55. The summed E-state index contributed by atoms with van der Waals surface area (Å²) in [6, 6.07) is 10.5. The van der Waals surface area contributed by atoms with Crippen LogP contribution in [0.4, 0.5) is 15.8 Å². The van der Waals surface area contributed by atoms with Gasteiger partial charge in [-0.1, -0.05) is 18.2 Å². The number of pyridine rings is 1. The Bertz CT molecular complexity index is 1580. The number of likely N-dealkylation sites (N-methyl/N-ethyl adjacent to an activating group) is 1. The third-order valence-corrected chi connectivity index (χ3v) is 7.75. The summed E-state index contributed by atoms with van der Waals surface area (Å²) < 4.78 is 16.9. The van der Waals surface area contributed by atoms with E-state index in [1.165, 1.54) is 12.1 Å². The molecule has 4 aromatic rings. The molecule has 0 radical (unpaired) electrons. The van der Waals surface area contributed by atoms with Crippen LogP contribution in [0.15, 0.2) is 48.9 Å². The van der Waals surface area contributed by atoms with Crippen LogP contribution in [0, 0.1) is 18.3 Å². The summed E-state index contributed by atoms with van der Waals surface area (Å²) >= 11 is 0. The van der Waals surface area contributed by atoms with E-state index in [2.05, 4.69) is 21.4 Å². The molecule has 0 bridgehead atoms. The Morgan fingerprint density at radius 1 is 1.08 bits per heavy atom. The molecule has 2 aromatic carbocycles. The number of carbonyl (C=O) groups excluding carboxylic acids is 1. The summed E-state index contributed by atoms with van der Waals surface area (Å²) in [6.45, 7) is 10.3. The number of aromatic nitrogens is 3. The number of hydrogen-bond acceptors (Lipinski definition) is 4. The quantitative estimate of drug-likeness (QED) is 0.361. The molecule has 37 heavy (non-hydrogen) atoms. The molecule has 0 saturated carbocycles. The van der Waals surface area contributed by atoms with Crippen LogP contribution in [-0.2, 0) is 17.8 Å². The fraction of sp³-hybridized carbons (Fsp3) is 0.310. The van der Waals surface area contributed by atoms with Gasteiger partial charge in [-0.05, 0) is 68.2 Å². The lowest BCUT2D eigenvalue weighted by atomic mass is 9.95. The van der Waals surface area contributed by atoms with Crippen LogP contribution < -0.4 is 4.90 Å². The normalized spacial score (nSPS) is 16.4. The van der Waals surface area contributed by atoms with E-state index >= 15 is 0 Å². The first-order chi connectivity index (χ1) is 17.9. The molecule has 7 nitrogen and oxygen atoms in total. The van der Waals surface area contributed by atoms with Crippen LogP contribution in [0.2, 0.25) is 0 Å². The van der Waals surface area contributed by atoms with Crippen LogP contribution in [-0.4, -0.2) is 52.5 Å². The molecule has 0 spiro atoms. The van der Waals surface area contributed by atoms with Gasteiger partial charge in [0.15, 0.2) is 0 Å². The highest BCUT2D eigenvalue weighted by atomic mass is 19.1. The molecule has 4 heterocycles. The minimum absolute atomic E-state index is 0.0164. The highest BCUT2D eigenvalue weighted by Crippen LogP contribution is 2.40. The molecule has 0 aliphatic carbocycles. The summed E-state index contributed by atoms with van der Waals surface area (Å²) in [7, 11) is 3.94. The Morgan fingerprint density at radius 3 is 2.62 bits per heavy atom. The number of benzene rings is 2. The van der Waals surface area contributed by atoms with Gasteiger partial charge in [0.2, 0.25) is 11.6 Å².